The normalized spacial score (nSPS) is 20.6. The molecule has 1 N–H and O–H groups in total. The highest BCUT2D eigenvalue weighted by atomic mass is 16.5. The van der Waals surface area contributed by atoms with Gasteiger partial charge >= 0.3 is 0 Å². The van der Waals surface area contributed by atoms with E-state index in [0.29, 0.717) is 11.9 Å². The van der Waals surface area contributed by atoms with Gasteiger partial charge in [-0.3, -0.25) is 0 Å². The number of nitrogens with zero attached hydrogens (tertiary/aromatic N) is 4. The summed E-state index contributed by atoms with van der Waals surface area (Å²) in [5.74, 6) is 2.41. The number of morpholine rings is 1. The first-order valence-electron chi connectivity index (χ1n) is 9.98. The summed E-state index contributed by atoms with van der Waals surface area (Å²) in [7, 11) is 0. The zero-order valence-corrected chi connectivity index (χ0v) is 16.3. The molecule has 6 heteroatoms. The van der Waals surface area contributed by atoms with Crippen molar-refractivity contribution in [3.05, 3.63) is 36.0 Å². The highest BCUT2D eigenvalue weighted by molar-refractivity contribution is 5.73. The lowest BCUT2D eigenvalue weighted by Gasteiger charge is -2.32. The van der Waals surface area contributed by atoms with Crippen LogP contribution in [-0.4, -0.2) is 49.4 Å². The van der Waals surface area contributed by atoms with Gasteiger partial charge in [-0.1, -0.05) is 19.1 Å². The number of anilines is 4. The minimum absolute atomic E-state index is 0.670. The molecule has 2 aliphatic heterocycles. The molecule has 1 atom stereocenters. The second kappa shape index (κ2) is 8.13. The zero-order valence-electron chi connectivity index (χ0n) is 16.3. The number of rotatable bonds is 4. The molecule has 2 fully saturated rings. The summed E-state index contributed by atoms with van der Waals surface area (Å²) in [6, 6.07) is 10.5. The summed E-state index contributed by atoms with van der Waals surface area (Å²) in [4.78, 5) is 14.2. The van der Waals surface area contributed by atoms with Crippen LogP contribution in [0.1, 0.15) is 25.5 Å². The van der Waals surface area contributed by atoms with Crippen LogP contribution in [-0.2, 0) is 4.74 Å². The number of aryl methyl sites for hydroxylation is 1. The number of nitrogens with one attached hydrogen (secondary N) is 1. The highest BCUT2D eigenvalue weighted by Gasteiger charge is 2.19. The van der Waals surface area contributed by atoms with Gasteiger partial charge < -0.3 is 19.9 Å². The number of hydrogen-bond acceptors (Lipinski definition) is 6. The Kier molecular flexibility index (Phi) is 5.43. The predicted molar refractivity (Wildman–Crippen MR) is 110 cm³/mol. The monoisotopic (exact) mass is 367 g/mol. The molecule has 0 bridgehead atoms. The molecule has 2 aliphatic rings. The van der Waals surface area contributed by atoms with Gasteiger partial charge in [0.25, 0.3) is 0 Å². The molecule has 0 spiro atoms. The molecule has 1 aromatic carbocycles. The molecular weight excluding hydrogens is 338 g/mol. The van der Waals surface area contributed by atoms with Crippen LogP contribution < -0.4 is 15.1 Å². The van der Waals surface area contributed by atoms with Crippen molar-refractivity contribution in [1.82, 2.24) is 9.97 Å². The fourth-order valence-corrected chi connectivity index (χ4v) is 3.95. The Morgan fingerprint density at radius 2 is 1.89 bits per heavy atom. The Hall–Kier alpha value is -2.34. The van der Waals surface area contributed by atoms with E-state index in [1.807, 2.05) is 6.92 Å². The standard InChI is InChI=1S/C21H29N5O/c1-16-6-5-9-26(15-16)20-14-17(2)22-21(24-20)23-18-7-3-4-8-19(18)25-10-12-27-13-11-25/h3-4,7-8,14,16H,5-6,9-13,15H2,1-2H3,(H,22,23,24). The maximum atomic E-state index is 5.49. The van der Waals surface area contributed by atoms with Crippen molar-refractivity contribution in [2.45, 2.75) is 26.7 Å². The Labute approximate surface area is 161 Å². The van der Waals surface area contributed by atoms with E-state index in [4.69, 9.17) is 9.72 Å². The number of aromatic nitrogens is 2. The maximum Gasteiger partial charge on any atom is 0.229 e. The summed E-state index contributed by atoms with van der Waals surface area (Å²) in [6.07, 6.45) is 2.53. The van der Waals surface area contributed by atoms with E-state index in [0.717, 1.165) is 56.6 Å². The fraction of sp³-hybridized carbons (Fsp3) is 0.524. The second-order valence-electron chi connectivity index (χ2n) is 7.63. The molecule has 6 nitrogen and oxygen atoms in total. The summed E-state index contributed by atoms with van der Waals surface area (Å²) >= 11 is 0. The number of benzene rings is 1. The third-order valence-electron chi connectivity index (χ3n) is 5.32. The first-order valence-corrected chi connectivity index (χ1v) is 9.98. The van der Waals surface area contributed by atoms with Crippen molar-refractivity contribution < 1.29 is 4.74 Å². The lowest BCUT2D eigenvalue weighted by atomic mass is 10.0. The summed E-state index contributed by atoms with van der Waals surface area (Å²) in [5.41, 5.74) is 3.21. The fourth-order valence-electron chi connectivity index (χ4n) is 3.95. The number of piperidine rings is 1. The molecule has 0 amide bonds. The van der Waals surface area contributed by atoms with E-state index in [9.17, 15) is 0 Å². The largest absolute Gasteiger partial charge is 0.378 e. The Morgan fingerprint density at radius 3 is 2.70 bits per heavy atom. The minimum Gasteiger partial charge on any atom is -0.378 e. The SMILES string of the molecule is Cc1cc(N2CCCC(C)C2)nc(Nc2ccccc2N2CCOCC2)n1. The van der Waals surface area contributed by atoms with Gasteiger partial charge in [0, 0.05) is 37.9 Å². The van der Waals surface area contributed by atoms with Crippen LogP contribution in [0.5, 0.6) is 0 Å². The van der Waals surface area contributed by atoms with Crippen LogP contribution in [0.2, 0.25) is 0 Å². The van der Waals surface area contributed by atoms with Crippen LogP contribution in [0, 0.1) is 12.8 Å². The molecule has 0 aliphatic carbocycles. The van der Waals surface area contributed by atoms with E-state index in [1.165, 1.54) is 18.5 Å². The van der Waals surface area contributed by atoms with Crippen molar-refractivity contribution in [2.75, 3.05) is 54.5 Å². The smallest absolute Gasteiger partial charge is 0.229 e. The maximum absolute atomic E-state index is 5.49. The van der Waals surface area contributed by atoms with E-state index in [1.54, 1.807) is 0 Å². The van der Waals surface area contributed by atoms with Gasteiger partial charge in [-0.25, -0.2) is 4.98 Å². The van der Waals surface area contributed by atoms with E-state index in [-0.39, 0.29) is 0 Å². The van der Waals surface area contributed by atoms with Gasteiger partial charge in [0.15, 0.2) is 0 Å². The molecule has 144 valence electrons. The van der Waals surface area contributed by atoms with Crippen LogP contribution in [0.3, 0.4) is 0 Å². The van der Waals surface area contributed by atoms with Gasteiger partial charge in [-0.15, -0.1) is 0 Å². The Morgan fingerprint density at radius 1 is 1.07 bits per heavy atom. The number of para-hydroxylation sites is 2. The van der Waals surface area contributed by atoms with Crippen LogP contribution in [0.15, 0.2) is 30.3 Å². The molecule has 1 aromatic heterocycles. The second-order valence-corrected chi connectivity index (χ2v) is 7.63. The molecule has 0 saturated carbocycles. The van der Waals surface area contributed by atoms with Crippen LogP contribution in [0.25, 0.3) is 0 Å². The molecule has 3 heterocycles. The molecule has 2 saturated heterocycles. The third kappa shape index (κ3) is 4.33. The molecule has 0 radical (unpaired) electrons. The van der Waals surface area contributed by atoms with E-state index < -0.39 is 0 Å². The molecule has 1 unspecified atom stereocenters. The quantitative estimate of drug-likeness (QED) is 0.891. The minimum atomic E-state index is 0.670. The average Bonchev–Trinajstić information content (AvgIpc) is 2.69. The lowest BCUT2D eigenvalue weighted by molar-refractivity contribution is 0.123. The van der Waals surface area contributed by atoms with Crippen LogP contribution >= 0.6 is 0 Å². The third-order valence-corrected chi connectivity index (χ3v) is 5.32. The Bertz CT molecular complexity index is 775. The van der Waals surface area contributed by atoms with E-state index >= 15 is 0 Å². The predicted octanol–water partition coefficient (Wildman–Crippen LogP) is 3.60. The number of hydrogen-bond donors (Lipinski definition) is 1. The molecule has 2 aromatic rings. The number of ether oxygens (including phenoxy) is 1. The van der Waals surface area contributed by atoms with Crippen molar-refractivity contribution in [2.24, 2.45) is 5.92 Å². The summed E-state index contributed by atoms with van der Waals surface area (Å²) < 4.78 is 5.49. The molecule has 27 heavy (non-hydrogen) atoms. The van der Waals surface area contributed by atoms with Gasteiger partial charge in [0.1, 0.15) is 5.82 Å². The first kappa shape index (κ1) is 18.0. The summed E-state index contributed by atoms with van der Waals surface area (Å²) in [6.45, 7) is 9.86. The van der Waals surface area contributed by atoms with E-state index in [2.05, 4.69) is 57.4 Å². The molecule has 4 rings (SSSR count). The van der Waals surface area contributed by atoms with Gasteiger partial charge in [-0.05, 0) is 37.8 Å². The van der Waals surface area contributed by atoms with Crippen molar-refractivity contribution in [3.8, 4) is 0 Å². The van der Waals surface area contributed by atoms with Crippen molar-refractivity contribution >= 4 is 23.1 Å². The van der Waals surface area contributed by atoms with Gasteiger partial charge in [-0.2, -0.15) is 4.98 Å². The summed E-state index contributed by atoms with van der Waals surface area (Å²) in [5, 5.41) is 3.47. The molecular formula is C21H29N5O. The van der Waals surface area contributed by atoms with Crippen molar-refractivity contribution in [3.63, 3.8) is 0 Å². The first-order chi connectivity index (χ1) is 13.2. The van der Waals surface area contributed by atoms with Crippen molar-refractivity contribution in [1.29, 1.82) is 0 Å². The topological polar surface area (TPSA) is 53.5 Å². The van der Waals surface area contributed by atoms with Gasteiger partial charge in [0.2, 0.25) is 5.95 Å². The Balaban J connectivity index is 1.58. The average molecular weight is 367 g/mol. The van der Waals surface area contributed by atoms with Gasteiger partial charge in [0.05, 0.1) is 24.6 Å². The highest BCUT2D eigenvalue weighted by Crippen LogP contribution is 2.29. The van der Waals surface area contributed by atoms with Crippen LogP contribution in [0.4, 0.5) is 23.1 Å². The zero-order chi connectivity index (χ0) is 18.6. The lowest BCUT2D eigenvalue weighted by Crippen LogP contribution is -2.36.